The highest BCUT2D eigenvalue weighted by atomic mass is 16.5. The normalized spacial score (nSPS) is 15.4. The molecule has 1 atom stereocenters. The molecule has 1 fully saturated rings. The largest absolute Gasteiger partial charge is 0.362 e. The maximum atomic E-state index is 12.3. The van der Waals surface area contributed by atoms with E-state index < -0.39 is 0 Å². The highest BCUT2D eigenvalue weighted by Gasteiger charge is 2.26. The van der Waals surface area contributed by atoms with Gasteiger partial charge in [0, 0.05) is 12.6 Å². The van der Waals surface area contributed by atoms with Crippen molar-refractivity contribution in [3.05, 3.63) is 24.4 Å². The van der Waals surface area contributed by atoms with Crippen LogP contribution in [0.1, 0.15) is 39.5 Å². The molecular weight excluding hydrogens is 356 g/mol. The van der Waals surface area contributed by atoms with Gasteiger partial charge in [-0.05, 0) is 18.4 Å². The number of ether oxygens (including phenoxy) is 1. The first-order valence-electron chi connectivity index (χ1n) is 10.5. The van der Waals surface area contributed by atoms with E-state index in [1.54, 1.807) is 4.90 Å². The monoisotopic (exact) mass is 391 g/mol. The molecule has 2 rings (SSSR count). The minimum Gasteiger partial charge on any atom is -0.362 e. The molecule has 0 radical (unpaired) electrons. The molecule has 2 N–H and O–H groups in total. The number of amides is 2. The topological polar surface area (TPSA) is 76.0 Å². The van der Waals surface area contributed by atoms with Crippen molar-refractivity contribution in [3.8, 4) is 0 Å². The number of aromatic nitrogens is 1. The second-order valence-electron chi connectivity index (χ2n) is 7.33. The third-order valence-corrected chi connectivity index (χ3v) is 5.26. The van der Waals surface area contributed by atoms with Crippen molar-refractivity contribution < 1.29 is 19.3 Å². The summed E-state index contributed by atoms with van der Waals surface area (Å²) in [6, 6.07) is 5.98. The Morgan fingerprint density at radius 2 is 1.96 bits per heavy atom. The van der Waals surface area contributed by atoms with Crippen LogP contribution in [0.4, 0.5) is 5.82 Å². The number of carbonyl (C=O) groups excluding carboxylic acids is 2. The number of piperazine rings is 1. The summed E-state index contributed by atoms with van der Waals surface area (Å²) >= 11 is 0. The Kier molecular flexibility index (Phi) is 9.76. The van der Waals surface area contributed by atoms with Crippen LogP contribution >= 0.6 is 0 Å². The molecule has 0 saturated carbocycles. The molecule has 1 aromatic rings. The molecule has 1 aliphatic heterocycles. The number of aromatic amines is 1. The van der Waals surface area contributed by atoms with E-state index >= 15 is 0 Å². The van der Waals surface area contributed by atoms with Gasteiger partial charge in [-0.15, -0.1) is 0 Å². The van der Waals surface area contributed by atoms with Gasteiger partial charge in [0.1, 0.15) is 26.3 Å². The Balaban J connectivity index is 1.60. The van der Waals surface area contributed by atoms with Crippen molar-refractivity contribution in [1.82, 2.24) is 10.2 Å². The number of pyridine rings is 1. The van der Waals surface area contributed by atoms with Gasteiger partial charge in [0.2, 0.25) is 11.8 Å². The highest BCUT2D eigenvalue weighted by molar-refractivity contribution is 5.79. The molecule has 0 spiro atoms. The van der Waals surface area contributed by atoms with Gasteiger partial charge in [-0.1, -0.05) is 39.2 Å². The maximum absolute atomic E-state index is 12.3. The molecule has 28 heavy (non-hydrogen) atoms. The smallest absolute Gasteiger partial charge is 0.274 e. The third kappa shape index (κ3) is 7.46. The molecule has 0 aromatic carbocycles. The molecular formula is C21H35N4O3+. The van der Waals surface area contributed by atoms with Crippen LogP contribution in [0.15, 0.2) is 24.4 Å². The lowest BCUT2D eigenvalue weighted by Crippen LogP contribution is -2.51. The summed E-state index contributed by atoms with van der Waals surface area (Å²) in [6.07, 6.45) is 6.46. The minimum atomic E-state index is -0.146. The van der Waals surface area contributed by atoms with Gasteiger partial charge in [0.15, 0.2) is 0 Å². The molecule has 0 aliphatic carbocycles. The van der Waals surface area contributed by atoms with Gasteiger partial charge < -0.3 is 15.0 Å². The summed E-state index contributed by atoms with van der Waals surface area (Å²) in [5, 5.41) is 2.92. The molecule has 0 unspecified atom stereocenters. The number of unbranched alkanes of at least 4 members (excludes halogenated alkanes) is 1. The van der Waals surface area contributed by atoms with Crippen molar-refractivity contribution in [2.75, 3.05) is 50.8 Å². The number of H-pyrrole nitrogens is 1. The van der Waals surface area contributed by atoms with Crippen LogP contribution in [-0.2, 0) is 14.3 Å². The van der Waals surface area contributed by atoms with E-state index in [1.807, 2.05) is 24.4 Å². The van der Waals surface area contributed by atoms with Gasteiger partial charge in [0.25, 0.3) is 5.82 Å². The molecule has 0 bridgehead atoms. The number of hydrogen-bond donors (Lipinski definition) is 1. The van der Waals surface area contributed by atoms with Crippen LogP contribution in [0.5, 0.6) is 0 Å². The fraction of sp³-hybridized carbons (Fsp3) is 0.667. The van der Waals surface area contributed by atoms with Crippen molar-refractivity contribution >= 4 is 17.6 Å². The number of nitrogens with one attached hydrogen (secondary N) is 2. The van der Waals surface area contributed by atoms with E-state index in [2.05, 4.69) is 29.0 Å². The second-order valence-corrected chi connectivity index (χ2v) is 7.33. The zero-order valence-electron chi connectivity index (χ0n) is 17.3. The van der Waals surface area contributed by atoms with Crippen LogP contribution in [-0.4, -0.2) is 62.7 Å². The lowest BCUT2D eigenvalue weighted by molar-refractivity contribution is -0.364. The SMILES string of the molecule is CCCC[C@@H](CC)CNC(=O)COCC(=O)N1CCN(c2cccc[nH+]2)CC1. The van der Waals surface area contributed by atoms with Crippen LogP contribution in [0.2, 0.25) is 0 Å². The van der Waals surface area contributed by atoms with Gasteiger partial charge in [-0.25, -0.2) is 4.98 Å². The number of rotatable bonds is 11. The fourth-order valence-electron chi connectivity index (χ4n) is 3.35. The lowest BCUT2D eigenvalue weighted by atomic mass is 9.99. The molecule has 156 valence electrons. The maximum Gasteiger partial charge on any atom is 0.274 e. The van der Waals surface area contributed by atoms with Crippen molar-refractivity contribution in [1.29, 1.82) is 0 Å². The quantitative estimate of drug-likeness (QED) is 0.620. The summed E-state index contributed by atoms with van der Waals surface area (Å²) in [5.74, 6) is 1.38. The minimum absolute atomic E-state index is 0.0437. The van der Waals surface area contributed by atoms with E-state index in [1.165, 1.54) is 12.8 Å². The summed E-state index contributed by atoms with van der Waals surface area (Å²) in [5.41, 5.74) is 0. The Morgan fingerprint density at radius 3 is 2.61 bits per heavy atom. The molecule has 2 heterocycles. The number of carbonyl (C=O) groups is 2. The number of nitrogens with zero attached hydrogens (tertiary/aromatic N) is 2. The predicted molar refractivity (Wildman–Crippen MR) is 109 cm³/mol. The van der Waals surface area contributed by atoms with Gasteiger partial charge in [0.05, 0.1) is 19.3 Å². The van der Waals surface area contributed by atoms with Gasteiger partial charge >= 0.3 is 0 Å². The first-order valence-corrected chi connectivity index (χ1v) is 10.5. The van der Waals surface area contributed by atoms with E-state index in [4.69, 9.17) is 4.74 Å². The second kappa shape index (κ2) is 12.3. The average Bonchev–Trinajstić information content (AvgIpc) is 2.74. The molecule has 7 heteroatoms. The summed E-state index contributed by atoms with van der Waals surface area (Å²) in [6.45, 7) is 7.79. The first kappa shape index (κ1) is 22.1. The Bertz CT molecular complexity index is 589. The average molecular weight is 392 g/mol. The molecule has 7 nitrogen and oxygen atoms in total. The molecule has 1 aromatic heterocycles. The first-order chi connectivity index (χ1) is 13.6. The predicted octanol–water partition coefficient (Wildman–Crippen LogP) is 1.50. The van der Waals surface area contributed by atoms with Gasteiger partial charge in [-0.2, -0.15) is 0 Å². The van der Waals surface area contributed by atoms with Crippen LogP contribution in [0.3, 0.4) is 0 Å². The highest BCUT2D eigenvalue weighted by Crippen LogP contribution is 2.11. The summed E-state index contributed by atoms with van der Waals surface area (Å²) in [7, 11) is 0. The van der Waals surface area contributed by atoms with Crippen LogP contribution in [0, 0.1) is 5.92 Å². The van der Waals surface area contributed by atoms with E-state index in [-0.39, 0.29) is 25.0 Å². The standard InChI is InChI=1S/C21H34N4O3/c1-3-5-8-18(4-2)15-23-20(26)16-28-17-21(27)25-13-11-24(12-14-25)19-9-6-7-10-22-19/h6-7,9-10,18H,3-5,8,11-17H2,1-2H3,(H,23,26)/p+1/t18-/m1/s1. The summed E-state index contributed by atoms with van der Waals surface area (Å²) in [4.78, 5) is 31.5. The van der Waals surface area contributed by atoms with Crippen molar-refractivity contribution in [2.24, 2.45) is 5.92 Å². The van der Waals surface area contributed by atoms with E-state index in [9.17, 15) is 9.59 Å². The number of hydrogen-bond acceptors (Lipinski definition) is 4. The van der Waals surface area contributed by atoms with E-state index in [0.29, 0.717) is 25.6 Å². The van der Waals surface area contributed by atoms with Crippen molar-refractivity contribution in [3.63, 3.8) is 0 Å². The van der Waals surface area contributed by atoms with Gasteiger partial charge in [-0.3, -0.25) is 14.5 Å². The third-order valence-electron chi connectivity index (χ3n) is 5.26. The molecule has 1 saturated heterocycles. The van der Waals surface area contributed by atoms with E-state index in [0.717, 1.165) is 31.7 Å². The Labute approximate surface area is 168 Å². The lowest BCUT2D eigenvalue weighted by Gasteiger charge is -2.30. The molecule has 2 amide bonds. The summed E-state index contributed by atoms with van der Waals surface area (Å²) < 4.78 is 5.35. The molecule has 1 aliphatic rings. The van der Waals surface area contributed by atoms with Crippen molar-refractivity contribution in [2.45, 2.75) is 39.5 Å². The Morgan fingerprint density at radius 1 is 1.18 bits per heavy atom. The zero-order valence-corrected chi connectivity index (χ0v) is 17.3. The number of anilines is 1. The Hall–Kier alpha value is -2.15. The zero-order chi connectivity index (χ0) is 20.2. The van der Waals surface area contributed by atoms with Crippen LogP contribution < -0.4 is 15.2 Å². The van der Waals surface area contributed by atoms with Crippen LogP contribution in [0.25, 0.3) is 0 Å². The fourth-order valence-corrected chi connectivity index (χ4v) is 3.35.